The summed E-state index contributed by atoms with van der Waals surface area (Å²) in [6.07, 6.45) is 2.36. The van der Waals surface area contributed by atoms with Gasteiger partial charge < -0.3 is 15.4 Å². The Labute approximate surface area is 124 Å². The van der Waals surface area contributed by atoms with Crippen molar-refractivity contribution in [2.45, 2.75) is 25.8 Å². The number of hydrogen-bond acceptors (Lipinski definition) is 4. The van der Waals surface area contributed by atoms with Gasteiger partial charge in [-0.15, -0.1) is 23.7 Å². The standard InChI is InChI=1S/C13H20N2O2S.ClH/c1-9(10-4-3-6-14-8-10)15-13(16)12-11(17-2)5-7-18-12;/h5,7,9-10,14H,3-4,6,8H2,1-2H3,(H,15,16);1H. The van der Waals surface area contributed by atoms with Crippen LogP contribution in [0.15, 0.2) is 11.4 Å². The molecule has 2 atom stereocenters. The average Bonchev–Trinajstić information content (AvgIpc) is 2.88. The minimum absolute atomic E-state index is 0. The molecule has 2 heterocycles. The number of carbonyl (C=O) groups is 1. The van der Waals surface area contributed by atoms with Crippen molar-refractivity contribution < 1.29 is 9.53 Å². The van der Waals surface area contributed by atoms with E-state index in [2.05, 4.69) is 17.6 Å². The number of nitrogens with one attached hydrogen (secondary N) is 2. The van der Waals surface area contributed by atoms with Crippen LogP contribution in [0.5, 0.6) is 5.75 Å². The monoisotopic (exact) mass is 304 g/mol. The zero-order chi connectivity index (χ0) is 13.0. The highest BCUT2D eigenvalue weighted by atomic mass is 35.5. The maximum Gasteiger partial charge on any atom is 0.265 e. The van der Waals surface area contributed by atoms with E-state index in [4.69, 9.17) is 4.74 Å². The maximum absolute atomic E-state index is 12.1. The van der Waals surface area contributed by atoms with Crippen molar-refractivity contribution in [3.05, 3.63) is 16.3 Å². The van der Waals surface area contributed by atoms with E-state index < -0.39 is 0 Å². The van der Waals surface area contributed by atoms with E-state index in [0.717, 1.165) is 13.1 Å². The molecule has 1 fully saturated rings. The van der Waals surface area contributed by atoms with Crippen LogP contribution in [0, 0.1) is 5.92 Å². The number of methoxy groups -OCH3 is 1. The minimum atomic E-state index is -0.0278. The lowest BCUT2D eigenvalue weighted by Gasteiger charge is -2.28. The first kappa shape index (κ1) is 16.3. The van der Waals surface area contributed by atoms with Gasteiger partial charge >= 0.3 is 0 Å². The van der Waals surface area contributed by atoms with Crippen LogP contribution in [0.2, 0.25) is 0 Å². The molecule has 1 aliphatic heterocycles. The first-order valence-corrected chi connectivity index (χ1v) is 7.23. The molecule has 1 aromatic rings. The lowest BCUT2D eigenvalue weighted by atomic mass is 9.93. The second kappa shape index (κ2) is 7.72. The van der Waals surface area contributed by atoms with Crippen LogP contribution in [0.1, 0.15) is 29.4 Å². The normalized spacial score (nSPS) is 20.2. The molecule has 1 aliphatic rings. The largest absolute Gasteiger partial charge is 0.495 e. The van der Waals surface area contributed by atoms with E-state index in [1.54, 1.807) is 7.11 Å². The van der Waals surface area contributed by atoms with Crippen LogP contribution >= 0.6 is 23.7 Å². The Hall–Kier alpha value is -0.780. The Bertz CT molecular complexity index is 405. The number of hydrogen-bond donors (Lipinski definition) is 2. The quantitative estimate of drug-likeness (QED) is 0.897. The third-order valence-corrected chi connectivity index (χ3v) is 4.35. The Morgan fingerprint density at radius 3 is 3.05 bits per heavy atom. The number of amides is 1. The number of piperidine rings is 1. The molecule has 6 heteroatoms. The van der Waals surface area contributed by atoms with Crippen molar-refractivity contribution in [2.75, 3.05) is 20.2 Å². The van der Waals surface area contributed by atoms with Gasteiger partial charge in [0.1, 0.15) is 10.6 Å². The molecule has 1 saturated heterocycles. The molecule has 2 unspecified atom stereocenters. The van der Waals surface area contributed by atoms with Gasteiger partial charge in [-0.3, -0.25) is 4.79 Å². The van der Waals surface area contributed by atoms with Crippen molar-refractivity contribution >= 4 is 29.7 Å². The van der Waals surface area contributed by atoms with Crippen LogP contribution in [0.4, 0.5) is 0 Å². The highest BCUT2D eigenvalue weighted by Crippen LogP contribution is 2.24. The number of ether oxygens (including phenoxy) is 1. The Morgan fingerprint density at radius 1 is 1.63 bits per heavy atom. The van der Waals surface area contributed by atoms with E-state index >= 15 is 0 Å². The molecule has 0 spiro atoms. The second-order valence-corrected chi connectivity index (χ2v) is 5.60. The van der Waals surface area contributed by atoms with Crippen LogP contribution in [-0.4, -0.2) is 32.1 Å². The fourth-order valence-corrected chi connectivity index (χ4v) is 3.08. The summed E-state index contributed by atoms with van der Waals surface area (Å²) in [6, 6.07) is 2.02. The van der Waals surface area contributed by atoms with Crippen LogP contribution in [-0.2, 0) is 0 Å². The molecule has 0 saturated carbocycles. The molecule has 0 bridgehead atoms. The van der Waals surface area contributed by atoms with Gasteiger partial charge in [0.05, 0.1) is 7.11 Å². The highest BCUT2D eigenvalue weighted by molar-refractivity contribution is 7.12. The molecule has 1 amide bonds. The van der Waals surface area contributed by atoms with Crippen molar-refractivity contribution in [3.8, 4) is 5.75 Å². The second-order valence-electron chi connectivity index (χ2n) is 4.69. The number of thiophene rings is 1. The third kappa shape index (κ3) is 4.09. The lowest BCUT2D eigenvalue weighted by molar-refractivity contribution is 0.0923. The number of halogens is 1. The Balaban J connectivity index is 0.00000180. The van der Waals surface area contributed by atoms with E-state index in [1.807, 2.05) is 11.4 Å². The predicted octanol–water partition coefficient (Wildman–Crippen LogP) is 2.30. The van der Waals surface area contributed by atoms with Crippen molar-refractivity contribution in [1.82, 2.24) is 10.6 Å². The van der Waals surface area contributed by atoms with Gasteiger partial charge in [-0.25, -0.2) is 0 Å². The topological polar surface area (TPSA) is 50.4 Å². The third-order valence-electron chi connectivity index (χ3n) is 3.46. The molecule has 2 N–H and O–H groups in total. The molecule has 0 radical (unpaired) electrons. The van der Waals surface area contributed by atoms with Gasteiger partial charge in [-0.2, -0.15) is 0 Å². The van der Waals surface area contributed by atoms with Crippen molar-refractivity contribution in [1.29, 1.82) is 0 Å². The zero-order valence-corrected chi connectivity index (χ0v) is 12.9. The number of rotatable bonds is 4. The summed E-state index contributed by atoms with van der Waals surface area (Å²) >= 11 is 1.42. The smallest absolute Gasteiger partial charge is 0.265 e. The summed E-state index contributed by atoms with van der Waals surface area (Å²) in [5.74, 6) is 1.15. The highest BCUT2D eigenvalue weighted by Gasteiger charge is 2.23. The summed E-state index contributed by atoms with van der Waals surface area (Å²) in [5, 5.41) is 8.33. The lowest BCUT2D eigenvalue weighted by Crippen LogP contribution is -2.44. The van der Waals surface area contributed by atoms with E-state index in [9.17, 15) is 4.79 Å². The van der Waals surface area contributed by atoms with Gasteiger partial charge in [0, 0.05) is 6.04 Å². The Kier molecular flexibility index (Phi) is 6.62. The first-order chi connectivity index (χ1) is 8.72. The first-order valence-electron chi connectivity index (χ1n) is 6.35. The molecule has 108 valence electrons. The van der Waals surface area contributed by atoms with Crippen LogP contribution < -0.4 is 15.4 Å². The Morgan fingerprint density at radius 2 is 2.42 bits per heavy atom. The molecular formula is C13H21ClN2O2S. The summed E-state index contributed by atoms with van der Waals surface area (Å²) in [7, 11) is 1.59. The molecule has 1 aromatic heterocycles. The van der Waals surface area contributed by atoms with Gasteiger partial charge in [-0.1, -0.05) is 0 Å². The predicted molar refractivity (Wildman–Crippen MR) is 80.6 cm³/mol. The maximum atomic E-state index is 12.1. The van der Waals surface area contributed by atoms with Gasteiger partial charge in [0.2, 0.25) is 0 Å². The minimum Gasteiger partial charge on any atom is -0.495 e. The summed E-state index contributed by atoms with van der Waals surface area (Å²) in [6.45, 7) is 4.16. The zero-order valence-electron chi connectivity index (χ0n) is 11.3. The molecule has 0 aromatic carbocycles. The molecule has 0 aliphatic carbocycles. The van der Waals surface area contributed by atoms with Crippen LogP contribution in [0.3, 0.4) is 0 Å². The van der Waals surface area contributed by atoms with Gasteiger partial charge in [-0.05, 0) is 50.2 Å². The number of carbonyl (C=O) groups excluding carboxylic acids is 1. The van der Waals surface area contributed by atoms with Crippen molar-refractivity contribution in [3.63, 3.8) is 0 Å². The van der Waals surface area contributed by atoms with E-state index in [1.165, 1.54) is 24.2 Å². The molecule has 2 rings (SSSR count). The van der Waals surface area contributed by atoms with Crippen molar-refractivity contribution in [2.24, 2.45) is 5.92 Å². The summed E-state index contributed by atoms with van der Waals surface area (Å²) < 4.78 is 5.17. The van der Waals surface area contributed by atoms with Gasteiger partial charge in [0.25, 0.3) is 5.91 Å². The molecule has 4 nitrogen and oxygen atoms in total. The SMILES string of the molecule is COc1ccsc1C(=O)NC(C)C1CCCNC1.Cl. The van der Waals surface area contributed by atoms with Crippen LogP contribution in [0.25, 0.3) is 0 Å². The van der Waals surface area contributed by atoms with E-state index in [0.29, 0.717) is 16.5 Å². The van der Waals surface area contributed by atoms with E-state index in [-0.39, 0.29) is 24.4 Å². The van der Waals surface area contributed by atoms with Gasteiger partial charge in [0.15, 0.2) is 0 Å². The fourth-order valence-electron chi connectivity index (χ4n) is 2.32. The fraction of sp³-hybridized carbons (Fsp3) is 0.615. The molecular weight excluding hydrogens is 284 g/mol. The summed E-state index contributed by atoms with van der Waals surface area (Å²) in [5.41, 5.74) is 0. The summed E-state index contributed by atoms with van der Waals surface area (Å²) in [4.78, 5) is 12.8. The average molecular weight is 305 g/mol. The molecule has 19 heavy (non-hydrogen) atoms.